The van der Waals surface area contributed by atoms with E-state index in [1.807, 2.05) is 6.07 Å². The van der Waals surface area contributed by atoms with Crippen molar-refractivity contribution in [1.29, 1.82) is 0 Å². The Morgan fingerprint density at radius 2 is 2.29 bits per heavy atom. The second kappa shape index (κ2) is 4.04. The molecule has 0 saturated carbocycles. The van der Waals surface area contributed by atoms with Crippen LogP contribution in [0.3, 0.4) is 0 Å². The van der Waals surface area contributed by atoms with Crippen LogP contribution in [0, 0.1) is 0 Å². The SMILES string of the molecule is CCn1c2c(c3cc(Cl)ccc31)CCNC2C. The first-order valence-electron chi connectivity index (χ1n) is 6.26. The lowest BCUT2D eigenvalue weighted by Gasteiger charge is -2.23. The third kappa shape index (κ3) is 1.59. The quantitative estimate of drug-likeness (QED) is 0.817. The molecule has 1 aliphatic rings. The summed E-state index contributed by atoms with van der Waals surface area (Å²) in [5, 5.41) is 5.70. The van der Waals surface area contributed by atoms with E-state index in [1.165, 1.54) is 22.2 Å². The van der Waals surface area contributed by atoms with Gasteiger partial charge in [0.1, 0.15) is 0 Å². The lowest BCUT2D eigenvalue weighted by Crippen LogP contribution is -2.29. The number of rotatable bonds is 1. The van der Waals surface area contributed by atoms with Gasteiger partial charge in [0.05, 0.1) is 0 Å². The molecule has 0 amide bonds. The minimum absolute atomic E-state index is 0.435. The zero-order valence-corrected chi connectivity index (χ0v) is 11.0. The van der Waals surface area contributed by atoms with Crippen LogP contribution in [-0.2, 0) is 13.0 Å². The molecule has 1 aromatic heterocycles. The molecule has 2 aromatic rings. The first-order valence-corrected chi connectivity index (χ1v) is 6.64. The van der Waals surface area contributed by atoms with Crippen LogP contribution in [0.2, 0.25) is 5.02 Å². The lowest BCUT2D eigenvalue weighted by molar-refractivity contribution is 0.506. The van der Waals surface area contributed by atoms with Crippen LogP contribution in [0.4, 0.5) is 0 Å². The van der Waals surface area contributed by atoms with E-state index < -0.39 is 0 Å². The monoisotopic (exact) mass is 248 g/mol. The van der Waals surface area contributed by atoms with Gasteiger partial charge in [0.15, 0.2) is 0 Å². The number of benzene rings is 1. The molecule has 2 heterocycles. The van der Waals surface area contributed by atoms with Crippen molar-refractivity contribution in [3.05, 3.63) is 34.5 Å². The van der Waals surface area contributed by atoms with Gasteiger partial charge in [-0.1, -0.05) is 11.6 Å². The van der Waals surface area contributed by atoms with E-state index in [0.29, 0.717) is 6.04 Å². The maximum absolute atomic E-state index is 6.13. The highest BCUT2D eigenvalue weighted by Gasteiger charge is 2.23. The Kier molecular flexibility index (Phi) is 2.64. The normalized spacial score (nSPS) is 19.6. The number of nitrogens with zero attached hydrogens (tertiary/aromatic N) is 1. The number of aromatic nitrogens is 1. The van der Waals surface area contributed by atoms with Crippen LogP contribution in [0.15, 0.2) is 18.2 Å². The van der Waals surface area contributed by atoms with Crippen molar-refractivity contribution >= 4 is 22.5 Å². The average Bonchev–Trinajstić information content (AvgIpc) is 2.64. The van der Waals surface area contributed by atoms with Gasteiger partial charge in [-0.3, -0.25) is 0 Å². The number of hydrogen-bond acceptors (Lipinski definition) is 1. The fraction of sp³-hybridized carbons (Fsp3) is 0.429. The van der Waals surface area contributed by atoms with Crippen LogP contribution in [0.5, 0.6) is 0 Å². The molecule has 1 N–H and O–H groups in total. The van der Waals surface area contributed by atoms with Crippen molar-refractivity contribution in [3.8, 4) is 0 Å². The lowest BCUT2D eigenvalue weighted by atomic mass is 10.0. The summed E-state index contributed by atoms with van der Waals surface area (Å²) < 4.78 is 2.41. The second-order valence-corrected chi connectivity index (χ2v) is 5.13. The molecule has 1 atom stereocenters. The van der Waals surface area contributed by atoms with Gasteiger partial charge >= 0.3 is 0 Å². The van der Waals surface area contributed by atoms with E-state index in [0.717, 1.165) is 24.5 Å². The van der Waals surface area contributed by atoms with Crippen molar-refractivity contribution in [2.75, 3.05) is 6.54 Å². The Bertz CT molecular complexity index is 571. The third-order valence-electron chi connectivity index (χ3n) is 3.73. The van der Waals surface area contributed by atoms with Gasteiger partial charge in [0, 0.05) is 34.2 Å². The Balaban J connectivity index is 2.38. The van der Waals surface area contributed by atoms with Crippen molar-refractivity contribution in [2.24, 2.45) is 0 Å². The Hall–Kier alpha value is -0.990. The molecule has 1 unspecified atom stereocenters. The first kappa shape index (κ1) is 11.1. The van der Waals surface area contributed by atoms with E-state index in [9.17, 15) is 0 Å². The molecule has 3 heteroatoms. The fourth-order valence-corrected chi connectivity index (χ4v) is 3.20. The first-order chi connectivity index (χ1) is 8.22. The molecular weight excluding hydrogens is 232 g/mol. The Morgan fingerprint density at radius 3 is 3.06 bits per heavy atom. The summed E-state index contributed by atoms with van der Waals surface area (Å²) in [6.07, 6.45) is 1.10. The Labute approximate surface area is 107 Å². The van der Waals surface area contributed by atoms with Gasteiger partial charge in [0.25, 0.3) is 0 Å². The van der Waals surface area contributed by atoms with E-state index in [1.54, 1.807) is 0 Å². The molecule has 0 radical (unpaired) electrons. The van der Waals surface area contributed by atoms with E-state index in [-0.39, 0.29) is 0 Å². The number of aryl methyl sites for hydroxylation is 1. The number of halogens is 1. The zero-order valence-electron chi connectivity index (χ0n) is 10.3. The molecule has 17 heavy (non-hydrogen) atoms. The van der Waals surface area contributed by atoms with Crippen molar-refractivity contribution in [3.63, 3.8) is 0 Å². The standard InChI is InChI=1S/C14H17ClN2/c1-3-17-13-5-4-10(15)8-12(13)11-6-7-16-9(2)14(11)17/h4-5,8-9,16H,3,6-7H2,1-2H3. The van der Waals surface area contributed by atoms with Crippen LogP contribution in [-0.4, -0.2) is 11.1 Å². The minimum atomic E-state index is 0.435. The van der Waals surface area contributed by atoms with Crippen molar-refractivity contribution < 1.29 is 0 Å². The minimum Gasteiger partial charge on any atom is -0.343 e. The predicted octanol–water partition coefficient (Wildman–Crippen LogP) is 3.52. The maximum atomic E-state index is 6.13. The van der Waals surface area contributed by atoms with Crippen molar-refractivity contribution in [2.45, 2.75) is 32.9 Å². The van der Waals surface area contributed by atoms with Gasteiger partial charge < -0.3 is 9.88 Å². The summed E-state index contributed by atoms with van der Waals surface area (Å²) in [7, 11) is 0. The van der Waals surface area contributed by atoms with Gasteiger partial charge in [0.2, 0.25) is 0 Å². The Morgan fingerprint density at radius 1 is 1.47 bits per heavy atom. The molecule has 1 aliphatic heterocycles. The number of nitrogens with one attached hydrogen (secondary N) is 1. The summed E-state index contributed by atoms with van der Waals surface area (Å²) in [5.41, 5.74) is 4.24. The molecule has 90 valence electrons. The summed E-state index contributed by atoms with van der Waals surface area (Å²) >= 11 is 6.13. The van der Waals surface area contributed by atoms with Crippen LogP contribution in [0.25, 0.3) is 10.9 Å². The fourth-order valence-electron chi connectivity index (χ4n) is 3.02. The largest absolute Gasteiger partial charge is 0.343 e. The highest BCUT2D eigenvalue weighted by molar-refractivity contribution is 6.31. The smallest absolute Gasteiger partial charge is 0.0486 e. The highest BCUT2D eigenvalue weighted by atomic mass is 35.5. The maximum Gasteiger partial charge on any atom is 0.0486 e. The molecule has 3 rings (SSSR count). The molecule has 0 aliphatic carbocycles. The van der Waals surface area contributed by atoms with E-state index in [4.69, 9.17) is 11.6 Å². The summed E-state index contributed by atoms with van der Waals surface area (Å²) in [6.45, 7) is 6.52. The van der Waals surface area contributed by atoms with Crippen LogP contribution in [0.1, 0.15) is 31.1 Å². The summed E-state index contributed by atoms with van der Waals surface area (Å²) in [4.78, 5) is 0. The van der Waals surface area contributed by atoms with Crippen LogP contribution < -0.4 is 5.32 Å². The van der Waals surface area contributed by atoms with E-state index >= 15 is 0 Å². The van der Waals surface area contributed by atoms with E-state index in [2.05, 4.69) is 35.9 Å². The molecule has 2 nitrogen and oxygen atoms in total. The molecule has 0 saturated heterocycles. The van der Waals surface area contributed by atoms with Gasteiger partial charge in [-0.25, -0.2) is 0 Å². The molecule has 1 aromatic carbocycles. The summed E-state index contributed by atoms with van der Waals surface area (Å²) in [6, 6.07) is 6.68. The highest BCUT2D eigenvalue weighted by Crippen LogP contribution is 2.34. The predicted molar refractivity (Wildman–Crippen MR) is 72.7 cm³/mol. The zero-order chi connectivity index (χ0) is 12.0. The topological polar surface area (TPSA) is 17.0 Å². The molecule has 0 bridgehead atoms. The molecular formula is C14H17ClN2. The van der Waals surface area contributed by atoms with Gasteiger partial charge in [-0.15, -0.1) is 0 Å². The van der Waals surface area contributed by atoms with Crippen molar-refractivity contribution in [1.82, 2.24) is 9.88 Å². The number of hydrogen-bond donors (Lipinski definition) is 1. The van der Waals surface area contributed by atoms with Crippen LogP contribution >= 0.6 is 11.6 Å². The molecule has 0 fully saturated rings. The second-order valence-electron chi connectivity index (χ2n) is 4.70. The third-order valence-corrected chi connectivity index (χ3v) is 3.96. The van der Waals surface area contributed by atoms with Gasteiger partial charge in [-0.05, 0) is 50.6 Å². The average molecular weight is 249 g/mol. The summed E-state index contributed by atoms with van der Waals surface area (Å²) in [5.74, 6) is 0. The van der Waals surface area contributed by atoms with Gasteiger partial charge in [-0.2, -0.15) is 0 Å². The number of fused-ring (bicyclic) bond motifs is 3. The molecule has 0 spiro atoms.